The third-order valence-corrected chi connectivity index (χ3v) is 6.02. The van der Waals surface area contributed by atoms with E-state index < -0.39 is 0 Å². The van der Waals surface area contributed by atoms with Crippen LogP contribution in [-0.2, 0) is 11.2 Å². The molecule has 1 aliphatic carbocycles. The Balaban J connectivity index is 1.71. The summed E-state index contributed by atoms with van der Waals surface area (Å²) in [5, 5.41) is 3.26. The number of benzene rings is 1. The number of nitrogens with one attached hydrogen (secondary N) is 1. The molecule has 4 heteroatoms. The lowest BCUT2D eigenvalue weighted by Gasteiger charge is -2.22. The maximum absolute atomic E-state index is 12.9. The van der Waals surface area contributed by atoms with E-state index in [9.17, 15) is 4.79 Å². The third-order valence-electron chi connectivity index (χ3n) is 6.02. The van der Waals surface area contributed by atoms with Gasteiger partial charge in [-0.2, -0.15) is 0 Å². The van der Waals surface area contributed by atoms with Gasteiger partial charge < -0.3 is 9.72 Å². The molecule has 0 unspecified atom stereocenters. The van der Waals surface area contributed by atoms with Crippen LogP contribution in [0.25, 0.3) is 16.9 Å². The van der Waals surface area contributed by atoms with Crippen LogP contribution in [0, 0.1) is 20.8 Å². The molecule has 1 N–H and O–H groups in total. The summed E-state index contributed by atoms with van der Waals surface area (Å²) in [6, 6.07) is 10.8. The molecule has 1 amide bonds. The molecule has 1 aromatic carbocycles. The van der Waals surface area contributed by atoms with Crippen LogP contribution >= 0.6 is 0 Å². The minimum atomic E-state index is 0.0975. The van der Waals surface area contributed by atoms with Gasteiger partial charge in [-0.15, -0.1) is 0 Å². The van der Waals surface area contributed by atoms with Crippen molar-refractivity contribution >= 4 is 11.6 Å². The van der Waals surface area contributed by atoms with Crippen LogP contribution in [-0.4, -0.2) is 21.3 Å². The SMILES string of the molecule is Cc1ccc(-c2nc3c(C)cccn3c2CC(=O)NC2CCCCC2)cc1C. The fourth-order valence-electron chi connectivity index (χ4n) is 4.22. The van der Waals surface area contributed by atoms with Crippen molar-refractivity contribution in [3.8, 4) is 11.3 Å². The summed E-state index contributed by atoms with van der Waals surface area (Å²) in [5.41, 5.74) is 7.50. The van der Waals surface area contributed by atoms with E-state index in [0.717, 1.165) is 41.0 Å². The summed E-state index contributed by atoms with van der Waals surface area (Å²) in [4.78, 5) is 17.8. The number of imidazole rings is 1. The van der Waals surface area contributed by atoms with E-state index >= 15 is 0 Å². The first-order chi connectivity index (χ1) is 13.5. The highest BCUT2D eigenvalue weighted by Gasteiger charge is 2.21. The number of amides is 1. The van der Waals surface area contributed by atoms with Crippen LogP contribution in [0.5, 0.6) is 0 Å². The van der Waals surface area contributed by atoms with Gasteiger partial charge in [-0.1, -0.05) is 37.5 Å². The van der Waals surface area contributed by atoms with Crippen molar-refractivity contribution in [1.82, 2.24) is 14.7 Å². The highest BCUT2D eigenvalue weighted by Crippen LogP contribution is 2.28. The van der Waals surface area contributed by atoms with Gasteiger partial charge in [0, 0.05) is 17.8 Å². The monoisotopic (exact) mass is 375 g/mol. The number of pyridine rings is 1. The first kappa shape index (κ1) is 18.7. The Kier molecular flexibility index (Phi) is 5.21. The number of rotatable bonds is 4. The Morgan fingerprint density at radius 1 is 1.07 bits per heavy atom. The average Bonchev–Trinajstić information content (AvgIpc) is 3.04. The predicted molar refractivity (Wildman–Crippen MR) is 114 cm³/mol. The van der Waals surface area contributed by atoms with Crippen molar-refractivity contribution in [2.24, 2.45) is 0 Å². The minimum absolute atomic E-state index is 0.0975. The molecule has 0 radical (unpaired) electrons. The van der Waals surface area contributed by atoms with E-state index in [1.54, 1.807) is 0 Å². The topological polar surface area (TPSA) is 46.4 Å². The van der Waals surface area contributed by atoms with E-state index in [1.165, 1.54) is 30.4 Å². The summed E-state index contributed by atoms with van der Waals surface area (Å²) in [7, 11) is 0. The lowest BCUT2D eigenvalue weighted by atomic mass is 9.95. The molecular weight excluding hydrogens is 346 g/mol. The van der Waals surface area contributed by atoms with E-state index in [2.05, 4.69) is 54.8 Å². The zero-order valence-electron chi connectivity index (χ0n) is 17.1. The predicted octanol–water partition coefficient (Wildman–Crippen LogP) is 4.92. The number of carbonyl (C=O) groups excluding carboxylic acids is 1. The highest BCUT2D eigenvalue weighted by atomic mass is 16.1. The maximum atomic E-state index is 12.9. The van der Waals surface area contributed by atoms with E-state index in [0.29, 0.717) is 12.5 Å². The van der Waals surface area contributed by atoms with Gasteiger partial charge in [0.15, 0.2) is 0 Å². The quantitative estimate of drug-likeness (QED) is 0.704. The summed E-state index contributed by atoms with van der Waals surface area (Å²) < 4.78 is 2.08. The van der Waals surface area contributed by atoms with Crippen LogP contribution in [0.3, 0.4) is 0 Å². The van der Waals surface area contributed by atoms with Crippen LogP contribution in [0.1, 0.15) is 54.5 Å². The molecule has 1 aliphatic rings. The molecule has 0 aliphatic heterocycles. The lowest BCUT2D eigenvalue weighted by Crippen LogP contribution is -2.37. The summed E-state index contributed by atoms with van der Waals surface area (Å²) in [6.07, 6.45) is 8.29. The summed E-state index contributed by atoms with van der Waals surface area (Å²) >= 11 is 0. The molecule has 2 heterocycles. The minimum Gasteiger partial charge on any atom is -0.353 e. The standard InChI is InChI=1S/C24H29N3O/c1-16-11-12-19(14-18(16)3)23-21(27-13-7-8-17(2)24(27)26-23)15-22(28)25-20-9-5-4-6-10-20/h7-8,11-14,20H,4-6,9-10,15H2,1-3H3,(H,25,28). The van der Waals surface area contributed by atoms with Crippen molar-refractivity contribution < 1.29 is 4.79 Å². The van der Waals surface area contributed by atoms with Gasteiger partial charge in [-0.05, 0) is 62.4 Å². The summed E-state index contributed by atoms with van der Waals surface area (Å²) in [5.74, 6) is 0.0975. The van der Waals surface area contributed by atoms with E-state index in [4.69, 9.17) is 4.98 Å². The molecule has 1 fully saturated rings. The van der Waals surface area contributed by atoms with Crippen molar-refractivity contribution in [2.45, 2.75) is 65.3 Å². The normalized spacial score (nSPS) is 15.1. The average molecular weight is 376 g/mol. The summed E-state index contributed by atoms with van der Waals surface area (Å²) in [6.45, 7) is 6.30. The molecule has 28 heavy (non-hydrogen) atoms. The van der Waals surface area contributed by atoms with Crippen molar-refractivity contribution in [3.05, 3.63) is 58.9 Å². The fourth-order valence-corrected chi connectivity index (χ4v) is 4.22. The Labute approximate surface area is 167 Å². The highest BCUT2D eigenvalue weighted by molar-refractivity contribution is 5.82. The van der Waals surface area contributed by atoms with Gasteiger partial charge in [0.1, 0.15) is 5.65 Å². The van der Waals surface area contributed by atoms with Gasteiger partial charge in [0.25, 0.3) is 0 Å². The molecule has 1 saturated carbocycles. The van der Waals surface area contributed by atoms with Crippen molar-refractivity contribution in [1.29, 1.82) is 0 Å². The first-order valence-electron chi connectivity index (χ1n) is 10.4. The van der Waals surface area contributed by atoms with Gasteiger partial charge >= 0.3 is 0 Å². The third kappa shape index (κ3) is 3.68. The lowest BCUT2D eigenvalue weighted by molar-refractivity contribution is -0.121. The zero-order chi connectivity index (χ0) is 19.7. The van der Waals surface area contributed by atoms with E-state index in [1.807, 2.05) is 12.3 Å². The largest absolute Gasteiger partial charge is 0.353 e. The maximum Gasteiger partial charge on any atom is 0.226 e. The van der Waals surface area contributed by atoms with Crippen molar-refractivity contribution in [2.75, 3.05) is 0 Å². The number of fused-ring (bicyclic) bond motifs is 1. The Morgan fingerprint density at radius 3 is 2.61 bits per heavy atom. The van der Waals surface area contributed by atoms with Crippen LogP contribution in [0.15, 0.2) is 36.5 Å². The van der Waals surface area contributed by atoms with Crippen molar-refractivity contribution in [3.63, 3.8) is 0 Å². The number of hydrogen-bond donors (Lipinski definition) is 1. The molecule has 2 aromatic heterocycles. The van der Waals surface area contributed by atoms with Gasteiger partial charge in [-0.3, -0.25) is 4.79 Å². The molecule has 4 rings (SSSR count). The van der Waals surface area contributed by atoms with Gasteiger partial charge in [0.2, 0.25) is 5.91 Å². The fraction of sp³-hybridized carbons (Fsp3) is 0.417. The Morgan fingerprint density at radius 2 is 1.86 bits per heavy atom. The number of aromatic nitrogens is 2. The number of hydrogen-bond acceptors (Lipinski definition) is 2. The number of carbonyl (C=O) groups is 1. The molecule has 4 nitrogen and oxygen atoms in total. The van der Waals surface area contributed by atoms with Gasteiger partial charge in [0.05, 0.1) is 17.8 Å². The second-order valence-electron chi connectivity index (χ2n) is 8.17. The van der Waals surface area contributed by atoms with E-state index in [-0.39, 0.29) is 5.91 Å². The Bertz CT molecular complexity index is 1010. The smallest absolute Gasteiger partial charge is 0.226 e. The van der Waals surface area contributed by atoms with Crippen LogP contribution in [0.4, 0.5) is 0 Å². The molecule has 0 atom stereocenters. The molecular formula is C24H29N3O. The second-order valence-corrected chi connectivity index (χ2v) is 8.17. The first-order valence-corrected chi connectivity index (χ1v) is 10.4. The number of nitrogens with zero attached hydrogens (tertiary/aromatic N) is 2. The molecule has 3 aromatic rings. The molecule has 146 valence electrons. The molecule has 0 bridgehead atoms. The molecule has 0 spiro atoms. The molecule has 0 saturated heterocycles. The zero-order valence-corrected chi connectivity index (χ0v) is 17.1. The van der Waals surface area contributed by atoms with Crippen LogP contribution < -0.4 is 5.32 Å². The Hall–Kier alpha value is -2.62. The van der Waals surface area contributed by atoms with Crippen LogP contribution in [0.2, 0.25) is 0 Å². The second kappa shape index (κ2) is 7.78. The van der Waals surface area contributed by atoms with Gasteiger partial charge in [-0.25, -0.2) is 4.98 Å². The number of aryl methyl sites for hydroxylation is 3.